The lowest BCUT2D eigenvalue weighted by atomic mass is 9.82. The van der Waals surface area contributed by atoms with Gasteiger partial charge in [0.1, 0.15) is 6.61 Å². The molecule has 0 N–H and O–H groups in total. The third kappa shape index (κ3) is 3.27. The summed E-state index contributed by atoms with van der Waals surface area (Å²) in [4.78, 5) is 13.8. The van der Waals surface area contributed by atoms with Gasteiger partial charge < -0.3 is 19.1 Å². The average molecular weight is 271 g/mol. The largest absolute Gasteiger partial charge is 0.378 e. The standard InChI is InChI=1S/C14H25NO4/c1-3-18-11-13(16)15-8-6-14(7-9-15)12(17-2)5-4-10-19-14/h12H,3-11H2,1-2H3. The van der Waals surface area contributed by atoms with Crippen molar-refractivity contribution in [2.45, 2.75) is 44.3 Å². The number of hydrogen-bond acceptors (Lipinski definition) is 4. The second-order valence-electron chi connectivity index (χ2n) is 5.30. The molecular weight excluding hydrogens is 246 g/mol. The number of carbonyl (C=O) groups is 1. The molecule has 2 saturated heterocycles. The third-order valence-electron chi connectivity index (χ3n) is 4.26. The van der Waals surface area contributed by atoms with Crippen molar-refractivity contribution in [3.8, 4) is 0 Å². The van der Waals surface area contributed by atoms with Crippen molar-refractivity contribution in [2.75, 3.05) is 40.0 Å². The second kappa shape index (κ2) is 6.68. The zero-order chi connectivity index (χ0) is 13.7. The van der Waals surface area contributed by atoms with Gasteiger partial charge in [-0.05, 0) is 32.6 Å². The summed E-state index contributed by atoms with van der Waals surface area (Å²) < 4.78 is 16.8. The van der Waals surface area contributed by atoms with Crippen LogP contribution in [0.2, 0.25) is 0 Å². The molecule has 0 aromatic carbocycles. The van der Waals surface area contributed by atoms with E-state index in [1.165, 1.54) is 0 Å². The van der Waals surface area contributed by atoms with Crippen molar-refractivity contribution in [1.29, 1.82) is 0 Å². The molecule has 1 atom stereocenters. The Morgan fingerprint density at radius 3 is 2.79 bits per heavy atom. The van der Waals surface area contributed by atoms with E-state index in [0.29, 0.717) is 6.61 Å². The Balaban J connectivity index is 1.88. The van der Waals surface area contributed by atoms with Gasteiger partial charge in [-0.2, -0.15) is 0 Å². The molecule has 0 radical (unpaired) electrons. The molecular formula is C14H25NO4. The van der Waals surface area contributed by atoms with E-state index in [2.05, 4.69) is 0 Å². The van der Waals surface area contributed by atoms with E-state index in [-0.39, 0.29) is 24.2 Å². The number of carbonyl (C=O) groups excluding carboxylic acids is 1. The summed E-state index contributed by atoms with van der Waals surface area (Å²) in [5, 5.41) is 0. The monoisotopic (exact) mass is 271 g/mol. The van der Waals surface area contributed by atoms with Crippen LogP contribution in [0.1, 0.15) is 32.6 Å². The van der Waals surface area contributed by atoms with Crippen molar-refractivity contribution in [3.05, 3.63) is 0 Å². The molecule has 2 aliphatic rings. The van der Waals surface area contributed by atoms with Gasteiger partial charge in [0, 0.05) is 33.4 Å². The van der Waals surface area contributed by atoms with E-state index < -0.39 is 0 Å². The molecule has 0 aromatic rings. The maximum atomic E-state index is 11.9. The third-order valence-corrected chi connectivity index (χ3v) is 4.26. The molecule has 5 nitrogen and oxygen atoms in total. The van der Waals surface area contributed by atoms with Crippen LogP contribution in [-0.2, 0) is 19.0 Å². The normalized spacial score (nSPS) is 26.6. The summed E-state index contributed by atoms with van der Waals surface area (Å²) in [5.41, 5.74) is -0.171. The Morgan fingerprint density at radius 2 is 2.16 bits per heavy atom. The molecule has 0 bridgehead atoms. The Morgan fingerprint density at radius 1 is 1.42 bits per heavy atom. The number of amides is 1. The number of nitrogens with zero attached hydrogens (tertiary/aromatic N) is 1. The molecule has 0 aromatic heterocycles. The summed E-state index contributed by atoms with van der Waals surface area (Å²) in [6.07, 6.45) is 4.02. The predicted octanol–water partition coefficient (Wildman–Crippen LogP) is 1.21. The van der Waals surface area contributed by atoms with Gasteiger partial charge in [-0.25, -0.2) is 0 Å². The minimum atomic E-state index is -0.171. The summed E-state index contributed by atoms with van der Waals surface area (Å²) in [7, 11) is 1.76. The number of piperidine rings is 1. The fourth-order valence-corrected chi connectivity index (χ4v) is 3.11. The Kier molecular flexibility index (Phi) is 5.19. The van der Waals surface area contributed by atoms with Crippen LogP contribution in [0, 0.1) is 0 Å². The lowest BCUT2D eigenvalue weighted by molar-refractivity contribution is -0.188. The maximum Gasteiger partial charge on any atom is 0.248 e. The SMILES string of the molecule is CCOCC(=O)N1CCC2(CC1)OCCCC2OC. The van der Waals surface area contributed by atoms with Crippen LogP contribution in [0.5, 0.6) is 0 Å². The average Bonchev–Trinajstić information content (AvgIpc) is 2.46. The topological polar surface area (TPSA) is 48.0 Å². The van der Waals surface area contributed by atoms with Crippen LogP contribution in [0.4, 0.5) is 0 Å². The van der Waals surface area contributed by atoms with Crippen LogP contribution in [0.25, 0.3) is 0 Å². The summed E-state index contributed by atoms with van der Waals surface area (Å²) in [5.74, 6) is 0.0847. The first-order valence-corrected chi connectivity index (χ1v) is 7.24. The van der Waals surface area contributed by atoms with E-state index in [4.69, 9.17) is 14.2 Å². The van der Waals surface area contributed by atoms with Crippen LogP contribution < -0.4 is 0 Å². The Hall–Kier alpha value is -0.650. The van der Waals surface area contributed by atoms with Gasteiger partial charge in [0.25, 0.3) is 0 Å². The highest BCUT2D eigenvalue weighted by Crippen LogP contribution is 2.36. The fourth-order valence-electron chi connectivity index (χ4n) is 3.11. The molecule has 1 spiro atoms. The second-order valence-corrected chi connectivity index (χ2v) is 5.30. The fraction of sp³-hybridized carbons (Fsp3) is 0.929. The summed E-state index contributed by atoms with van der Waals surface area (Å²) in [6, 6.07) is 0. The first kappa shape index (κ1) is 14.8. The molecule has 2 fully saturated rings. The molecule has 19 heavy (non-hydrogen) atoms. The number of rotatable bonds is 4. The highest BCUT2D eigenvalue weighted by Gasteiger charge is 2.45. The van der Waals surface area contributed by atoms with E-state index in [0.717, 1.165) is 45.4 Å². The van der Waals surface area contributed by atoms with Gasteiger partial charge in [0.15, 0.2) is 0 Å². The van der Waals surface area contributed by atoms with Crippen LogP contribution in [-0.4, -0.2) is 62.5 Å². The smallest absolute Gasteiger partial charge is 0.248 e. The summed E-state index contributed by atoms with van der Waals surface area (Å²) >= 11 is 0. The lowest BCUT2D eigenvalue weighted by Crippen LogP contribution is -2.57. The van der Waals surface area contributed by atoms with Crippen molar-refractivity contribution in [2.24, 2.45) is 0 Å². The molecule has 2 aliphatic heterocycles. The van der Waals surface area contributed by atoms with E-state index in [1.807, 2.05) is 11.8 Å². The Labute approximate surface area is 115 Å². The molecule has 5 heteroatoms. The highest BCUT2D eigenvalue weighted by molar-refractivity contribution is 5.77. The quantitative estimate of drug-likeness (QED) is 0.771. The molecule has 1 amide bonds. The predicted molar refractivity (Wildman–Crippen MR) is 71.0 cm³/mol. The van der Waals surface area contributed by atoms with Gasteiger partial charge in [0.2, 0.25) is 5.91 Å². The number of hydrogen-bond donors (Lipinski definition) is 0. The van der Waals surface area contributed by atoms with Crippen LogP contribution >= 0.6 is 0 Å². The van der Waals surface area contributed by atoms with Gasteiger partial charge in [-0.1, -0.05) is 0 Å². The van der Waals surface area contributed by atoms with E-state index in [9.17, 15) is 4.79 Å². The zero-order valence-corrected chi connectivity index (χ0v) is 12.0. The van der Waals surface area contributed by atoms with E-state index in [1.54, 1.807) is 7.11 Å². The first-order chi connectivity index (χ1) is 9.22. The molecule has 0 saturated carbocycles. The molecule has 0 aliphatic carbocycles. The molecule has 2 rings (SSSR count). The van der Waals surface area contributed by atoms with Crippen molar-refractivity contribution in [3.63, 3.8) is 0 Å². The maximum absolute atomic E-state index is 11.9. The summed E-state index contributed by atoms with van der Waals surface area (Å²) in [6.45, 7) is 4.97. The van der Waals surface area contributed by atoms with Crippen LogP contribution in [0.3, 0.4) is 0 Å². The minimum absolute atomic E-state index is 0.0847. The number of methoxy groups -OCH3 is 1. The lowest BCUT2D eigenvalue weighted by Gasteiger charge is -2.48. The van der Waals surface area contributed by atoms with Gasteiger partial charge in [0.05, 0.1) is 11.7 Å². The van der Waals surface area contributed by atoms with Gasteiger partial charge in [-0.15, -0.1) is 0 Å². The van der Waals surface area contributed by atoms with Crippen molar-refractivity contribution in [1.82, 2.24) is 4.90 Å². The first-order valence-electron chi connectivity index (χ1n) is 7.24. The van der Waals surface area contributed by atoms with E-state index >= 15 is 0 Å². The van der Waals surface area contributed by atoms with Gasteiger partial charge >= 0.3 is 0 Å². The molecule has 110 valence electrons. The van der Waals surface area contributed by atoms with Crippen LogP contribution in [0.15, 0.2) is 0 Å². The Bertz CT molecular complexity index is 300. The van der Waals surface area contributed by atoms with Gasteiger partial charge in [-0.3, -0.25) is 4.79 Å². The number of likely N-dealkylation sites (tertiary alicyclic amines) is 1. The van der Waals surface area contributed by atoms with Crippen molar-refractivity contribution >= 4 is 5.91 Å². The number of ether oxygens (including phenoxy) is 3. The molecule has 1 unspecified atom stereocenters. The van der Waals surface area contributed by atoms with Crippen molar-refractivity contribution < 1.29 is 19.0 Å². The zero-order valence-electron chi connectivity index (χ0n) is 12.0. The highest BCUT2D eigenvalue weighted by atomic mass is 16.5. The molecule has 2 heterocycles. The minimum Gasteiger partial charge on any atom is -0.378 e.